The van der Waals surface area contributed by atoms with E-state index < -0.39 is 17.1 Å². The van der Waals surface area contributed by atoms with E-state index in [0.717, 1.165) is 0 Å². The highest BCUT2D eigenvalue weighted by molar-refractivity contribution is 6.04. The Bertz CT molecular complexity index is 818. The van der Waals surface area contributed by atoms with Gasteiger partial charge in [0.25, 0.3) is 5.69 Å². The number of esters is 1. The predicted molar refractivity (Wildman–Crippen MR) is 80.9 cm³/mol. The first-order valence-corrected chi connectivity index (χ1v) is 6.83. The van der Waals surface area contributed by atoms with E-state index in [-0.39, 0.29) is 17.2 Å². The standard InChI is InChI=1S/C16H12N2O5/c1-10(19)17-14-8-3-2-7-13(14)16(20)23-15(17)11-5-4-6-12(9-11)18(21)22/h2-9,15H,1H3/t15-/m0/s1. The molecule has 0 fully saturated rings. The third-order valence-electron chi connectivity index (χ3n) is 3.54. The van der Waals surface area contributed by atoms with Crippen LogP contribution in [-0.2, 0) is 9.53 Å². The highest BCUT2D eigenvalue weighted by Gasteiger charge is 2.36. The number of rotatable bonds is 2. The second kappa shape index (κ2) is 5.53. The molecule has 1 heterocycles. The van der Waals surface area contributed by atoms with E-state index >= 15 is 0 Å². The Morgan fingerprint density at radius 2 is 1.96 bits per heavy atom. The van der Waals surface area contributed by atoms with Crippen LogP contribution in [-0.4, -0.2) is 16.8 Å². The zero-order chi connectivity index (χ0) is 16.6. The molecule has 116 valence electrons. The minimum atomic E-state index is -1.03. The second-order valence-electron chi connectivity index (χ2n) is 5.02. The van der Waals surface area contributed by atoms with E-state index in [9.17, 15) is 19.7 Å². The topological polar surface area (TPSA) is 89.8 Å². The SMILES string of the molecule is CC(=O)N1c2ccccc2C(=O)O[C@H]1c1cccc([N+](=O)[O-])c1. The maximum atomic E-state index is 12.2. The lowest BCUT2D eigenvalue weighted by Crippen LogP contribution is -2.40. The smallest absolute Gasteiger partial charge is 0.342 e. The van der Waals surface area contributed by atoms with Gasteiger partial charge in [0.05, 0.1) is 16.2 Å². The van der Waals surface area contributed by atoms with Gasteiger partial charge in [0.2, 0.25) is 12.1 Å². The molecule has 0 bridgehead atoms. The molecule has 0 spiro atoms. The molecular weight excluding hydrogens is 300 g/mol. The van der Waals surface area contributed by atoms with Crippen molar-refractivity contribution in [1.82, 2.24) is 0 Å². The van der Waals surface area contributed by atoms with Gasteiger partial charge in [-0.2, -0.15) is 0 Å². The third kappa shape index (κ3) is 2.52. The molecule has 2 aromatic rings. The zero-order valence-corrected chi connectivity index (χ0v) is 12.1. The summed E-state index contributed by atoms with van der Waals surface area (Å²) in [5.74, 6) is -0.906. The number of hydrogen-bond donors (Lipinski definition) is 0. The molecule has 0 aromatic heterocycles. The molecule has 23 heavy (non-hydrogen) atoms. The van der Waals surface area contributed by atoms with E-state index in [1.807, 2.05) is 0 Å². The number of nitrogens with zero attached hydrogens (tertiary/aromatic N) is 2. The number of para-hydroxylation sites is 1. The van der Waals surface area contributed by atoms with Gasteiger partial charge in [-0.25, -0.2) is 4.79 Å². The summed E-state index contributed by atoms with van der Waals surface area (Å²) in [5.41, 5.74) is 0.926. The molecule has 0 saturated heterocycles. The highest BCUT2D eigenvalue weighted by Crippen LogP contribution is 2.37. The number of fused-ring (bicyclic) bond motifs is 1. The van der Waals surface area contributed by atoms with Crippen LogP contribution in [0.2, 0.25) is 0 Å². The molecule has 0 radical (unpaired) electrons. The molecule has 0 N–H and O–H groups in total. The lowest BCUT2D eigenvalue weighted by atomic mass is 10.1. The minimum Gasteiger partial charge on any atom is -0.433 e. The fraction of sp³-hybridized carbons (Fsp3) is 0.125. The van der Waals surface area contributed by atoms with Crippen LogP contribution in [0.25, 0.3) is 0 Å². The number of carbonyl (C=O) groups excluding carboxylic acids is 2. The Labute approximate surface area is 131 Å². The molecule has 1 aliphatic heterocycles. The van der Waals surface area contributed by atoms with Gasteiger partial charge < -0.3 is 4.74 Å². The number of ether oxygens (including phenoxy) is 1. The summed E-state index contributed by atoms with van der Waals surface area (Å²) >= 11 is 0. The molecule has 1 atom stereocenters. The largest absolute Gasteiger partial charge is 0.433 e. The van der Waals surface area contributed by atoms with Crippen molar-refractivity contribution in [1.29, 1.82) is 0 Å². The number of nitro groups is 1. The van der Waals surface area contributed by atoms with Crippen LogP contribution in [0.5, 0.6) is 0 Å². The van der Waals surface area contributed by atoms with Crippen LogP contribution in [0.3, 0.4) is 0 Å². The van der Waals surface area contributed by atoms with Crippen molar-refractivity contribution in [2.75, 3.05) is 4.90 Å². The summed E-state index contributed by atoms with van der Waals surface area (Å²) in [4.78, 5) is 35.9. The predicted octanol–water partition coefficient (Wildman–Crippen LogP) is 2.82. The molecule has 0 saturated carbocycles. The molecule has 7 nitrogen and oxygen atoms in total. The lowest BCUT2D eigenvalue weighted by Gasteiger charge is -2.35. The Morgan fingerprint density at radius 1 is 1.22 bits per heavy atom. The molecule has 0 unspecified atom stereocenters. The van der Waals surface area contributed by atoms with Gasteiger partial charge in [-0.1, -0.05) is 24.3 Å². The van der Waals surface area contributed by atoms with Gasteiger partial charge in [0.1, 0.15) is 0 Å². The summed E-state index contributed by atoms with van der Waals surface area (Å²) in [7, 11) is 0. The number of non-ortho nitro benzene ring substituents is 1. The molecule has 0 aliphatic carbocycles. The number of nitro benzene ring substituents is 1. The van der Waals surface area contributed by atoms with Crippen molar-refractivity contribution in [2.24, 2.45) is 0 Å². The fourth-order valence-electron chi connectivity index (χ4n) is 2.54. The fourth-order valence-corrected chi connectivity index (χ4v) is 2.54. The van der Waals surface area contributed by atoms with Crippen molar-refractivity contribution in [3.05, 3.63) is 69.8 Å². The average molecular weight is 312 g/mol. The molecule has 7 heteroatoms. The summed E-state index contributed by atoms with van der Waals surface area (Å²) in [5, 5.41) is 10.9. The van der Waals surface area contributed by atoms with E-state index in [4.69, 9.17) is 4.74 Å². The Morgan fingerprint density at radius 3 is 2.65 bits per heavy atom. The van der Waals surface area contributed by atoms with Gasteiger partial charge in [-0.3, -0.25) is 19.8 Å². The van der Waals surface area contributed by atoms with Crippen LogP contribution in [0.15, 0.2) is 48.5 Å². The van der Waals surface area contributed by atoms with Gasteiger partial charge >= 0.3 is 5.97 Å². The zero-order valence-electron chi connectivity index (χ0n) is 12.1. The Hall–Kier alpha value is -3.22. The minimum absolute atomic E-state index is 0.138. The van der Waals surface area contributed by atoms with E-state index in [1.165, 1.54) is 30.0 Å². The van der Waals surface area contributed by atoms with Crippen LogP contribution in [0.1, 0.15) is 29.1 Å². The Balaban J connectivity index is 2.12. The van der Waals surface area contributed by atoms with Gasteiger partial charge in [-0.05, 0) is 12.1 Å². The first kappa shape index (κ1) is 14.7. The number of hydrogen-bond acceptors (Lipinski definition) is 5. The van der Waals surface area contributed by atoms with E-state index in [0.29, 0.717) is 11.3 Å². The molecular formula is C16H12N2O5. The lowest BCUT2D eigenvalue weighted by molar-refractivity contribution is -0.385. The van der Waals surface area contributed by atoms with Crippen LogP contribution in [0.4, 0.5) is 11.4 Å². The average Bonchev–Trinajstić information content (AvgIpc) is 2.54. The summed E-state index contributed by atoms with van der Waals surface area (Å²) in [6.45, 7) is 1.35. The van der Waals surface area contributed by atoms with Crippen molar-refractivity contribution < 1.29 is 19.2 Å². The van der Waals surface area contributed by atoms with Gasteiger partial charge in [0.15, 0.2) is 0 Å². The van der Waals surface area contributed by atoms with Gasteiger partial charge in [0, 0.05) is 24.6 Å². The van der Waals surface area contributed by atoms with Crippen LogP contribution in [0, 0.1) is 10.1 Å². The summed E-state index contributed by atoms with van der Waals surface area (Å²) in [6, 6.07) is 12.3. The molecule has 3 rings (SSSR count). The Kier molecular flexibility index (Phi) is 3.53. The van der Waals surface area contributed by atoms with Crippen molar-refractivity contribution in [3.8, 4) is 0 Å². The summed E-state index contributed by atoms with van der Waals surface area (Å²) < 4.78 is 5.35. The maximum absolute atomic E-state index is 12.2. The van der Waals surface area contributed by atoms with E-state index in [2.05, 4.69) is 0 Å². The first-order chi connectivity index (χ1) is 11.0. The number of benzene rings is 2. The van der Waals surface area contributed by atoms with Crippen LogP contribution >= 0.6 is 0 Å². The number of carbonyl (C=O) groups is 2. The number of amides is 1. The van der Waals surface area contributed by atoms with Crippen LogP contribution < -0.4 is 4.90 Å². The summed E-state index contributed by atoms with van der Waals surface area (Å²) in [6.07, 6.45) is -1.03. The van der Waals surface area contributed by atoms with E-state index in [1.54, 1.807) is 30.3 Å². The van der Waals surface area contributed by atoms with Crippen molar-refractivity contribution in [3.63, 3.8) is 0 Å². The molecule has 1 amide bonds. The third-order valence-corrected chi connectivity index (χ3v) is 3.54. The van der Waals surface area contributed by atoms with Crippen molar-refractivity contribution >= 4 is 23.3 Å². The van der Waals surface area contributed by atoms with Crippen molar-refractivity contribution in [2.45, 2.75) is 13.2 Å². The highest BCUT2D eigenvalue weighted by atomic mass is 16.6. The molecule has 2 aromatic carbocycles. The molecule has 1 aliphatic rings. The number of cyclic esters (lactones) is 1. The quantitative estimate of drug-likeness (QED) is 0.483. The normalized spacial score (nSPS) is 16.5. The number of anilines is 1. The first-order valence-electron chi connectivity index (χ1n) is 6.83. The monoisotopic (exact) mass is 312 g/mol. The second-order valence-corrected chi connectivity index (χ2v) is 5.02. The maximum Gasteiger partial charge on any atom is 0.342 e. The van der Waals surface area contributed by atoms with Gasteiger partial charge in [-0.15, -0.1) is 0 Å².